The predicted molar refractivity (Wildman–Crippen MR) is 37.6 cm³/mol. The summed E-state index contributed by atoms with van der Waals surface area (Å²) in [5.74, 6) is 0.190. The van der Waals surface area contributed by atoms with Gasteiger partial charge in [-0.25, -0.2) is 0 Å². The molecule has 0 amide bonds. The molecule has 0 spiro atoms. The third-order valence-corrected chi connectivity index (χ3v) is 1.84. The Kier molecular flexibility index (Phi) is 2.40. The molecule has 58 valence electrons. The molecule has 0 aromatic carbocycles. The molecule has 10 heavy (non-hydrogen) atoms. The minimum absolute atomic E-state index is 0.0613. The molecular formula is C7H13NO2. The number of nitrogens with two attached hydrogens (primary N) is 1. The van der Waals surface area contributed by atoms with Gasteiger partial charge < -0.3 is 10.5 Å². The van der Waals surface area contributed by atoms with Gasteiger partial charge in [0.1, 0.15) is 5.78 Å². The summed E-state index contributed by atoms with van der Waals surface area (Å²) in [4.78, 5) is 11.1. The smallest absolute Gasteiger partial charge is 0.142 e. The maximum Gasteiger partial charge on any atom is 0.142 e. The zero-order valence-corrected chi connectivity index (χ0v) is 6.17. The van der Waals surface area contributed by atoms with Crippen LogP contribution in [0, 0.1) is 5.92 Å². The molecule has 0 aromatic rings. The van der Waals surface area contributed by atoms with Gasteiger partial charge in [0.2, 0.25) is 0 Å². The quantitative estimate of drug-likeness (QED) is 0.559. The topological polar surface area (TPSA) is 52.3 Å². The first-order valence-electron chi connectivity index (χ1n) is 3.58. The highest BCUT2D eigenvalue weighted by atomic mass is 16.5. The number of carbonyl (C=O) groups is 1. The lowest BCUT2D eigenvalue weighted by atomic mass is 9.94. The average molecular weight is 143 g/mol. The van der Waals surface area contributed by atoms with Gasteiger partial charge in [-0.05, 0) is 6.92 Å². The fourth-order valence-corrected chi connectivity index (χ4v) is 1.11. The van der Waals surface area contributed by atoms with Crippen LogP contribution in [-0.4, -0.2) is 25.0 Å². The second kappa shape index (κ2) is 3.12. The molecule has 3 heteroatoms. The number of carbonyl (C=O) groups excluding carboxylic acids is 1. The molecule has 0 saturated carbocycles. The maximum atomic E-state index is 11.1. The van der Waals surface area contributed by atoms with Crippen molar-refractivity contribution < 1.29 is 9.53 Å². The number of ketones is 1. The van der Waals surface area contributed by atoms with Crippen LogP contribution in [0.1, 0.15) is 13.3 Å². The Bertz CT molecular complexity index is 134. The van der Waals surface area contributed by atoms with Crippen LogP contribution in [0.5, 0.6) is 0 Å². The highest BCUT2D eigenvalue weighted by Crippen LogP contribution is 2.11. The summed E-state index contributed by atoms with van der Waals surface area (Å²) in [6.45, 7) is 2.93. The van der Waals surface area contributed by atoms with Crippen LogP contribution in [0.4, 0.5) is 0 Å². The molecule has 2 atom stereocenters. The van der Waals surface area contributed by atoms with Crippen molar-refractivity contribution in [3.05, 3.63) is 0 Å². The van der Waals surface area contributed by atoms with Gasteiger partial charge in [-0.1, -0.05) is 0 Å². The van der Waals surface area contributed by atoms with E-state index in [9.17, 15) is 4.79 Å². The van der Waals surface area contributed by atoms with Crippen LogP contribution in [0.15, 0.2) is 0 Å². The summed E-state index contributed by atoms with van der Waals surface area (Å²) in [5, 5.41) is 0. The van der Waals surface area contributed by atoms with Crippen molar-refractivity contribution in [2.45, 2.75) is 19.4 Å². The average Bonchev–Trinajstić information content (AvgIpc) is 1.88. The number of hydrogen-bond donors (Lipinski definition) is 1. The minimum atomic E-state index is -0.0622. The van der Waals surface area contributed by atoms with E-state index < -0.39 is 0 Å². The number of rotatable bonds is 1. The lowest BCUT2D eigenvalue weighted by Gasteiger charge is -2.23. The first kappa shape index (κ1) is 7.69. The van der Waals surface area contributed by atoms with Gasteiger partial charge in [0.25, 0.3) is 0 Å². The fourth-order valence-electron chi connectivity index (χ4n) is 1.11. The summed E-state index contributed by atoms with van der Waals surface area (Å²) in [7, 11) is 0. The summed E-state index contributed by atoms with van der Waals surface area (Å²) < 4.78 is 5.11. The fraction of sp³-hybridized carbons (Fsp3) is 0.857. The van der Waals surface area contributed by atoms with Crippen LogP contribution >= 0.6 is 0 Å². The van der Waals surface area contributed by atoms with Crippen LogP contribution < -0.4 is 5.73 Å². The highest BCUT2D eigenvalue weighted by Gasteiger charge is 2.25. The van der Waals surface area contributed by atoms with Crippen molar-refractivity contribution >= 4 is 5.78 Å². The van der Waals surface area contributed by atoms with Gasteiger partial charge in [-0.15, -0.1) is 0 Å². The van der Waals surface area contributed by atoms with Crippen LogP contribution in [0.25, 0.3) is 0 Å². The van der Waals surface area contributed by atoms with Crippen molar-refractivity contribution in [1.29, 1.82) is 0 Å². The number of Topliss-reactive ketones (excluding diaryl/α,β-unsaturated/α-hetero) is 1. The van der Waals surface area contributed by atoms with E-state index in [1.807, 2.05) is 6.92 Å². The van der Waals surface area contributed by atoms with E-state index in [1.165, 1.54) is 0 Å². The van der Waals surface area contributed by atoms with Crippen molar-refractivity contribution in [2.75, 3.05) is 13.2 Å². The lowest BCUT2D eigenvalue weighted by molar-refractivity contribution is -0.131. The standard InChI is InChI=1S/C7H13NO2/c1-5(8)6-4-10-3-2-7(6)9/h5-6H,2-4,8H2,1H3. The molecule has 1 aliphatic heterocycles. The summed E-state index contributed by atoms with van der Waals surface area (Å²) in [5.41, 5.74) is 5.56. The van der Waals surface area contributed by atoms with Gasteiger partial charge in [-0.3, -0.25) is 4.79 Å². The van der Waals surface area contributed by atoms with E-state index in [1.54, 1.807) is 0 Å². The second-order valence-electron chi connectivity index (χ2n) is 2.76. The van der Waals surface area contributed by atoms with E-state index in [2.05, 4.69) is 0 Å². The molecule has 0 aliphatic carbocycles. The molecule has 2 N–H and O–H groups in total. The lowest BCUT2D eigenvalue weighted by Crippen LogP contribution is -2.39. The summed E-state index contributed by atoms with van der Waals surface area (Å²) >= 11 is 0. The Balaban J connectivity index is 2.48. The van der Waals surface area contributed by atoms with Crippen molar-refractivity contribution in [2.24, 2.45) is 11.7 Å². The van der Waals surface area contributed by atoms with Gasteiger partial charge in [0, 0.05) is 12.5 Å². The zero-order valence-electron chi connectivity index (χ0n) is 6.17. The molecule has 1 rings (SSSR count). The molecule has 3 nitrogen and oxygen atoms in total. The Morgan fingerprint density at radius 3 is 2.90 bits per heavy atom. The Morgan fingerprint density at radius 1 is 1.80 bits per heavy atom. The largest absolute Gasteiger partial charge is 0.380 e. The summed E-state index contributed by atoms with van der Waals surface area (Å²) in [6, 6.07) is -0.0622. The maximum absolute atomic E-state index is 11.1. The number of hydrogen-bond acceptors (Lipinski definition) is 3. The van der Waals surface area contributed by atoms with Crippen molar-refractivity contribution in [3.63, 3.8) is 0 Å². The zero-order chi connectivity index (χ0) is 7.56. The molecule has 1 aliphatic rings. The van der Waals surface area contributed by atoms with E-state index in [0.717, 1.165) is 0 Å². The molecule has 1 fully saturated rings. The van der Waals surface area contributed by atoms with E-state index >= 15 is 0 Å². The summed E-state index contributed by atoms with van der Waals surface area (Å²) in [6.07, 6.45) is 0.534. The van der Waals surface area contributed by atoms with Gasteiger partial charge in [-0.2, -0.15) is 0 Å². The molecule has 1 heterocycles. The second-order valence-corrected chi connectivity index (χ2v) is 2.76. The molecule has 1 saturated heterocycles. The van der Waals surface area contributed by atoms with Gasteiger partial charge in [0.15, 0.2) is 0 Å². The molecule has 0 aromatic heterocycles. The molecule has 0 radical (unpaired) electrons. The normalized spacial score (nSPS) is 30.2. The first-order chi connectivity index (χ1) is 4.72. The van der Waals surface area contributed by atoms with Gasteiger partial charge >= 0.3 is 0 Å². The number of ether oxygens (including phenoxy) is 1. The third-order valence-electron chi connectivity index (χ3n) is 1.84. The third kappa shape index (κ3) is 1.55. The molecule has 0 bridgehead atoms. The Labute approximate surface area is 60.5 Å². The minimum Gasteiger partial charge on any atom is -0.380 e. The van der Waals surface area contributed by atoms with Crippen molar-refractivity contribution in [1.82, 2.24) is 0 Å². The Morgan fingerprint density at radius 2 is 2.50 bits per heavy atom. The highest BCUT2D eigenvalue weighted by molar-refractivity contribution is 5.82. The molecule has 2 unspecified atom stereocenters. The van der Waals surface area contributed by atoms with E-state index in [-0.39, 0.29) is 17.7 Å². The van der Waals surface area contributed by atoms with Gasteiger partial charge in [0.05, 0.1) is 19.1 Å². The molecular weight excluding hydrogens is 130 g/mol. The Hall–Kier alpha value is -0.410. The van der Waals surface area contributed by atoms with E-state index in [4.69, 9.17) is 10.5 Å². The van der Waals surface area contributed by atoms with Crippen LogP contribution in [0.2, 0.25) is 0 Å². The van der Waals surface area contributed by atoms with E-state index in [0.29, 0.717) is 19.6 Å². The first-order valence-corrected chi connectivity index (χ1v) is 3.58. The van der Waals surface area contributed by atoms with Crippen LogP contribution in [0.3, 0.4) is 0 Å². The monoisotopic (exact) mass is 143 g/mol. The van der Waals surface area contributed by atoms with Crippen LogP contribution in [-0.2, 0) is 9.53 Å². The predicted octanol–water partition coefficient (Wildman–Crippen LogP) is -0.0608. The SMILES string of the molecule is CC(N)C1COCCC1=O. The van der Waals surface area contributed by atoms with Crippen molar-refractivity contribution in [3.8, 4) is 0 Å².